The second-order valence-electron chi connectivity index (χ2n) is 6.48. The van der Waals surface area contributed by atoms with Crippen LogP contribution in [0.15, 0.2) is 24.3 Å². The molecule has 0 saturated heterocycles. The van der Waals surface area contributed by atoms with Crippen molar-refractivity contribution < 1.29 is 19.8 Å². The van der Waals surface area contributed by atoms with E-state index in [9.17, 15) is 19.8 Å². The fraction of sp³-hybridized carbons (Fsp3) is 0.250. The summed E-state index contributed by atoms with van der Waals surface area (Å²) >= 11 is 0. The van der Waals surface area contributed by atoms with Crippen LogP contribution < -0.4 is 21.3 Å². The van der Waals surface area contributed by atoms with E-state index in [4.69, 9.17) is 5.41 Å². The van der Waals surface area contributed by atoms with Crippen LogP contribution in [-0.4, -0.2) is 61.3 Å². The van der Waals surface area contributed by atoms with Gasteiger partial charge in [0.05, 0.1) is 28.6 Å². The van der Waals surface area contributed by atoms with E-state index in [0.717, 1.165) is 6.34 Å². The molecule has 1 aliphatic rings. The number of carbonyl (C=O) groups excluding carboxylic acids is 2. The van der Waals surface area contributed by atoms with Crippen molar-refractivity contribution in [1.29, 1.82) is 5.41 Å². The van der Waals surface area contributed by atoms with Gasteiger partial charge in [0.2, 0.25) is 11.6 Å². The lowest BCUT2D eigenvalue weighted by Gasteiger charge is -2.24. The van der Waals surface area contributed by atoms with E-state index < -0.39 is 11.6 Å². The average Bonchev–Trinajstić information content (AvgIpc) is 2.71. The Morgan fingerprint density at radius 2 is 1.28 bits per heavy atom. The SMILES string of the molecule is CNCCNc1ccc(O)c2c1C(=O)c1c(O)ccc(NCCNC=N)c1C2=O. The third-order valence-electron chi connectivity index (χ3n) is 4.65. The number of benzene rings is 2. The number of nitrogens with one attached hydrogen (secondary N) is 5. The van der Waals surface area contributed by atoms with Crippen molar-refractivity contribution in [2.45, 2.75) is 0 Å². The van der Waals surface area contributed by atoms with E-state index in [1.807, 2.05) is 0 Å². The molecule has 152 valence electrons. The molecule has 0 fully saturated rings. The Bertz CT molecular complexity index is 974. The number of hydrogen-bond acceptors (Lipinski definition) is 8. The number of hydrogen-bond donors (Lipinski definition) is 7. The monoisotopic (exact) mass is 397 g/mol. The first kappa shape index (κ1) is 20.2. The fourth-order valence-corrected chi connectivity index (χ4v) is 3.32. The summed E-state index contributed by atoms with van der Waals surface area (Å²) in [6.07, 6.45) is 1.06. The summed E-state index contributed by atoms with van der Waals surface area (Å²) in [6.45, 7) is 1.97. The maximum absolute atomic E-state index is 13.3. The number of carbonyl (C=O) groups is 2. The Morgan fingerprint density at radius 1 is 0.793 bits per heavy atom. The number of rotatable bonds is 9. The van der Waals surface area contributed by atoms with Crippen LogP contribution in [0, 0.1) is 5.41 Å². The second kappa shape index (κ2) is 8.61. The summed E-state index contributed by atoms with van der Waals surface area (Å²) in [4.78, 5) is 26.5. The van der Waals surface area contributed by atoms with Gasteiger partial charge < -0.3 is 31.5 Å². The molecule has 9 heteroatoms. The smallest absolute Gasteiger partial charge is 0.200 e. The van der Waals surface area contributed by atoms with Crippen molar-refractivity contribution in [3.05, 3.63) is 46.5 Å². The molecule has 0 spiro atoms. The maximum atomic E-state index is 13.3. The fourth-order valence-electron chi connectivity index (χ4n) is 3.32. The van der Waals surface area contributed by atoms with Crippen molar-refractivity contribution in [2.24, 2.45) is 0 Å². The van der Waals surface area contributed by atoms with Crippen molar-refractivity contribution in [3.63, 3.8) is 0 Å². The number of aromatic hydroxyl groups is 2. The van der Waals surface area contributed by atoms with Crippen LogP contribution in [0.25, 0.3) is 0 Å². The molecule has 1 aliphatic carbocycles. The first-order valence-corrected chi connectivity index (χ1v) is 9.17. The second-order valence-corrected chi connectivity index (χ2v) is 6.48. The molecule has 0 heterocycles. The number of phenols is 2. The van der Waals surface area contributed by atoms with E-state index in [2.05, 4.69) is 21.3 Å². The van der Waals surface area contributed by atoms with E-state index >= 15 is 0 Å². The van der Waals surface area contributed by atoms with Gasteiger partial charge in [-0.05, 0) is 31.3 Å². The molecule has 0 radical (unpaired) electrons. The van der Waals surface area contributed by atoms with E-state index in [1.54, 1.807) is 13.1 Å². The van der Waals surface area contributed by atoms with Gasteiger partial charge in [-0.25, -0.2) is 0 Å². The number of phenolic OH excluding ortho intramolecular Hbond substituents is 2. The van der Waals surface area contributed by atoms with Gasteiger partial charge in [0.25, 0.3) is 0 Å². The van der Waals surface area contributed by atoms with Gasteiger partial charge in [-0.2, -0.15) is 0 Å². The molecule has 0 bridgehead atoms. The molecule has 0 aromatic heterocycles. The molecule has 9 nitrogen and oxygen atoms in total. The molecular weight excluding hydrogens is 374 g/mol. The standard InChI is InChI=1S/C20H23N5O4/c1-22-6-8-24-11-2-4-13(26)17-15(11)19(28)18-14(27)5-3-12(16(18)20(17)29)25-9-7-23-10-21/h2-5,10,22,24-27H,6-9H2,1H3,(H2,21,23). The van der Waals surface area contributed by atoms with Crippen LogP contribution in [0.2, 0.25) is 0 Å². The third-order valence-corrected chi connectivity index (χ3v) is 4.65. The quantitative estimate of drug-likeness (QED) is 0.123. The van der Waals surface area contributed by atoms with Crippen LogP contribution >= 0.6 is 0 Å². The molecule has 7 N–H and O–H groups in total. The third kappa shape index (κ3) is 3.72. The number of ketones is 2. The lowest BCUT2D eigenvalue weighted by molar-refractivity contribution is 0.0975. The Morgan fingerprint density at radius 3 is 1.72 bits per heavy atom. The largest absolute Gasteiger partial charge is 0.507 e. The predicted octanol–water partition coefficient (Wildman–Crippen LogP) is 1.11. The van der Waals surface area contributed by atoms with Crippen molar-refractivity contribution in [1.82, 2.24) is 10.6 Å². The minimum Gasteiger partial charge on any atom is -0.507 e. The van der Waals surface area contributed by atoms with Crippen molar-refractivity contribution >= 4 is 29.3 Å². The van der Waals surface area contributed by atoms with Crippen LogP contribution in [0.5, 0.6) is 11.5 Å². The van der Waals surface area contributed by atoms with E-state index in [1.165, 1.54) is 18.2 Å². The lowest BCUT2D eigenvalue weighted by atomic mass is 9.81. The molecule has 2 aromatic rings. The molecule has 2 aromatic carbocycles. The van der Waals surface area contributed by atoms with Gasteiger partial charge in [0, 0.05) is 37.6 Å². The molecule has 0 unspecified atom stereocenters. The Labute approximate surface area is 167 Å². The van der Waals surface area contributed by atoms with Gasteiger partial charge in [-0.1, -0.05) is 0 Å². The molecule has 29 heavy (non-hydrogen) atoms. The summed E-state index contributed by atoms with van der Waals surface area (Å²) in [5, 5.41) is 39.5. The van der Waals surface area contributed by atoms with E-state index in [-0.39, 0.29) is 33.8 Å². The summed E-state index contributed by atoms with van der Waals surface area (Å²) in [5.41, 5.74) is 0.709. The molecular formula is C20H23N5O4. The molecule has 0 saturated carbocycles. The highest BCUT2D eigenvalue weighted by Gasteiger charge is 2.37. The minimum absolute atomic E-state index is 0.0278. The minimum atomic E-state index is -0.539. The zero-order valence-electron chi connectivity index (χ0n) is 15.9. The first-order chi connectivity index (χ1) is 14.0. The summed E-state index contributed by atoms with van der Waals surface area (Å²) in [5.74, 6) is -1.65. The molecule has 0 aliphatic heterocycles. The normalized spacial score (nSPS) is 12.2. The van der Waals surface area contributed by atoms with Crippen LogP contribution in [0.3, 0.4) is 0 Å². The van der Waals surface area contributed by atoms with E-state index in [0.29, 0.717) is 37.6 Å². The maximum Gasteiger partial charge on any atom is 0.200 e. The number of fused-ring (bicyclic) bond motifs is 2. The van der Waals surface area contributed by atoms with Crippen molar-refractivity contribution in [2.75, 3.05) is 43.9 Å². The number of likely N-dealkylation sites (N-methyl/N-ethyl adjacent to an activating group) is 1. The van der Waals surface area contributed by atoms with Gasteiger partial charge in [-0.15, -0.1) is 0 Å². The van der Waals surface area contributed by atoms with Crippen LogP contribution in [0.4, 0.5) is 11.4 Å². The highest BCUT2D eigenvalue weighted by Crippen LogP contribution is 2.42. The molecule has 3 rings (SSSR count). The average molecular weight is 397 g/mol. The van der Waals surface area contributed by atoms with Gasteiger partial charge in [-0.3, -0.25) is 15.0 Å². The highest BCUT2D eigenvalue weighted by molar-refractivity contribution is 6.33. The Kier molecular flexibility index (Phi) is 5.99. The van der Waals surface area contributed by atoms with Gasteiger partial charge >= 0.3 is 0 Å². The number of anilines is 2. The predicted molar refractivity (Wildman–Crippen MR) is 111 cm³/mol. The van der Waals surface area contributed by atoms with Gasteiger partial charge in [0.1, 0.15) is 11.5 Å². The summed E-state index contributed by atoms with van der Waals surface area (Å²) in [7, 11) is 1.79. The summed E-state index contributed by atoms with van der Waals surface area (Å²) < 4.78 is 0. The first-order valence-electron chi connectivity index (χ1n) is 9.17. The van der Waals surface area contributed by atoms with Crippen LogP contribution in [-0.2, 0) is 0 Å². The summed E-state index contributed by atoms with van der Waals surface area (Å²) in [6, 6.07) is 5.79. The topological polar surface area (TPSA) is 147 Å². The lowest BCUT2D eigenvalue weighted by Crippen LogP contribution is -2.27. The zero-order chi connectivity index (χ0) is 21.0. The molecule has 0 amide bonds. The molecule has 0 atom stereocenters. The van der Waals surface area contributed by atoms with Crippen molar-refractivity contribution in [3.8, 4) is 11.5 Å². The Hall–Kier alpha value is -3.59. The Balaban J connectivity index is 2.07. The highest BCUT2D eigenvalue weighted by atomic mass is 16.3. The van der Waals surface area contributed by atoms with Crippen LogP contribution in [0.1, 0.15) is 31.8 Å². The van der Waals surface area contributed by atoms with Gasteiger partial charge in [0.15, 0.2) is 0 Å². The zero-order valence-corrected chi connectivity index (χ0v) is 15.9.